The molecule has 2 N–H and O–H groups in total. The summed E-state index contributed by atoms with van der Waals surface area (Å²) in [5, 5.41) is 5.62. The third kappa shape index (κ3) is 3.96. The lowest BCUT2D eigenvalue weighted by atomic mass is 9.95. The molecule has 0 aliphatic carbocycles. The van der Waals surface area contributed by atoms with Crippen LogP contribution in [0.4, 0.5) is 16.2 Å². The molecule has 1 unspecified atom stereocenters. The van der Waals surface area contributed by atoms with Gasteiger partial charge in [-0.3, -0.25) is 4.79 Å². The van der Waals surface area contributed by atoms with E-state index in [0.717, 1.165) is 28.0 Å². The summed E-state index contributed by atoms with van der Waals surface area (Å²) in [7, 11) is 1.73. The number of anilines is 2. The molecule has 0 aromatic heterocycles. The fraction of sp³-hybridized carbons (Fsp3) is 0.120. The molecule has 0 radical (unpaired) electrons. The molecule has 0 saturated heterocycles. The topological polar surface area (TPSA) is 61.4 Å². The van der Waals surface area contributed by atoms with Crippen LogP contribution in [0.25, 0.3) is 5.57 Å². The predicted octanol–water partition coefficient (Wildman–Crippen LogP) is 4.59. The van der Waals surface area contributed by atoms with Gasteiger partial charge in [-0.05, 0) is 42.3 Å². The van der Waals surface area contributed by atoms with Gasteiger partial charge in [-0.15, -0.1) is 0 Å². The van der Waals surface area contributed by atoms with Crippen LogP contribution in [0, 0.1) is 6.92 Å². The average molecular weight is 397 g/mol. The minimum atomic E-state index is -0.803. The highest BCUT2D eigenvalue weighted by atomic mass is 16.2. The van der Waals surface area contributed by atoms with Crippen LogP contribution in [0.1, 0.15) is 16.7 Å². The first-order valence-corrected chi connectivity index (χ1v) is 9.81. The van der Waals surface area contributed by atoms with Gasteiger partial charge in [0.05, 0.1) is 5.69 Å². The number of hydrogen-bond acceptors (Lipinski definition) is 2. The van der Waals surface area contributed by atoms with Crippen LogP contribution >= 0.6 is 0 Å². The molecule has 5 heteroatoms. The Balaban J connectivity index is 1.68. The molecule has 1 heterocycles. The highest BCUT2D eigenvalue weighted by Crippen LogP contribution is 2.34. The number of fused-ring (bicyclic) bond motifs is 1. The van der Waals surface area contributed by atoms with Crippen LogP contribution < -0.4 is 15.5 Å². The molecule has 1 atom stereocenters. The molecule has 0 fully saturated rings. The predicted molar refractivity (Wildman–Crippen MR) is 120 cm³/mol. The second-order valence-electron chi connectivity index (χ2n) is 7.30. The van der Waals surface area contributed by atoms with E-state index in [1.165, 1.54) is 0 Å². The summed E-state index contributed by atoms with van der Waals surface area (Å²) in [5.74, 6) is -0.201. The van der Waals surface area contributed by atoms with E-state index < -0.39 is 12.1 Å². The standard InChI is InChI=1S/C25H23N3O2/c1-17-12-14-19(15-13-17)26-25(30)27-22-16-21(18-8-4-3-5-9-18)20-10-6-7-11-23(20)28(2)24(22)29/h3-16,22H,1-2H3,(H2,26,27,30). The van der Waals surface area contributed by atoms with Crippen LogP contribution in [0.5, 0.6) is 0 Å². The zero-order valence-corrected chi connectivity index (χ0v) is 16.9. The number of para-hydroxylation sites is 1. The van der Waals surface area contributed by atoms with Crippen LogP contribution in [-0.2, 0) is 4.79 Å². The van der Waals surface area contributed by atoms with E-state index in [0.29, 0.717) is 5.69 Å². The molecule has 0 bridgehead atoms. The van der Waals surface area contributed by atoms with Crippen molar-refractivity contribution >= 4 is 28.9 Å². The van der Waals surface area contributed by atoms with E-state index in [1.807, 2.05) is 91.9 Å². The van der Waals surface area contributed by atoms with Crippen LogP contribution in [0.15, 0.2) is 84.9 Å². The average Bonchev–Trinajstić information content (AvgIpc) is 2.87. The number of hydrogen-bond donors (Lipinski definition) is 2. The summed E-state index contributed by atoms with van der Waals surface area (Å²) in [6.45, 7) is 1.98. The van der Waals surface area contributed by atoms with E-state index in [9.17, 15) is 9.59 Å². The van der Waals surface area contributed by atoms with Gasteiger partial charge in [-0.25, -0.2) is 4.79 Å². The number of carbonyl (C=O) groups is 2. The Morgan fingerprint density at radius 2 is 1.57 bits per heavy atom. The number of rotatable bonds is 3. The smallest absolute Gasteiger partial charge is 0.320 e. The summed E-state index contributed by atoms with van der Waals surface area (Å²) in [6.07, 6.45) is 1.83. The number of urea groups is 1. The van der Waals surface area contributed by atoms with Crippen molar-refractivity contribution in [2.24, 2.45) is 0 Å². The second-order valence-corrected chi connectivity index (χ2v) is 7.30. The SMILES string of the molecule is Cc1ccc(NC(=O)NC2C=C(c3ccccc3)c3ccccc3N(C)C2=O)cc1. The molecule has 4 rings (SSSR count). The maximum Gasteiger partial charge on any atom is 0.320 e. The Bertz CT molecular complexity index is 1100. The lowest BCUT2D eigenvalue weighted by Crippen LogP contribution is -2.47. The molecule has 1 aliphatic heterocycles. The summed E-state index contributed by atoms with van der Waals surface area (Å²) in [5.41, 5.74) is 5.42. The summed E-state index contributed by atoms with van der Waals surface area (Å²) in [6, 6.07) is 23.9. The molecule has 0 spiro atoms. The van der Waals surface area contributed by atoms with Gasteiger partial charge < -0.3 is 15.5 Å². The monoisotopic (exact) mass is 397 g/mol. The maximum absolute atomic E-state index is 13.2. The van der Waals surface area contributed by atoms with E-state index >= 15 is 0 Å². The quantitative estimate of drug-likeness (QED) is 0.679. The Morgan fingerprint density at radius 3 is 2.30 bits per heavy atom. The number of nitrogens with one attached hydrogen (secondary N) is 2. The molecule has 3 aromatic carbocycles. The second kappa shape index (κ2) is 8.25. The number of likely N-dealkylation sites (N-methyl/N-ethyl adjacent to an activating group) is 1. The van der Waals surface area contributed by atoms with Crippen molar-refractivity contribution in [1.82, 2.24) is 5.32 Å². The Hall–Kier alpha value is -3.86. The van der Waals surface area contributed by atoms with E-state index in [1.54, 1.807) is 11.9 Å². The molecule has 0 saturated carbocycles. The highest BCUT2D eigenvalue weighted by Gasteiger charge is 2.29. The zero-order chi connectivity index (χ0) is 21.1. The fourth-order valence-corrected chi connectivity index (χ4v) is 3.57. The van der Waals surface area contributed by atoms with Gasteiger partial charge in [0.1, 0.15) is 6.04 Å². The first-order chi connectivity index (χ1) is 14.5. The lowest BCUT2D eigenvalue weighted by Gasteiger charge is -2.22. The minimum Gasteiger partial charge on any atom is -0.323 e. The molecule has 3 aromatic rings. The maximum atomic E-state index is 13.2. The van der Waals surface area contributed by atoms with Crippen molar-refractivity contribution in [2.45, 2.75) is 13.0 Å². The molecular weight excluding hydrogens is 374 g/mol. The highest BCUT2D eigenvalue weighted by molar-refractivity contribution is 6.07. The van der Waals surface area contributed by atoms with E-state index in [-0.39, 0.29) is 5.91 Å². The summed E-state index contributed by atoms with van der Waals surface area (Å²) in [4.78, 5) is 27.4. The van der Waals surface area contributed by atoms with Crippen molar-refractivity contribution in [3.63, 3.8) is 0 Å². The van der Waals surface area contributed by atoms with Crippen molar-refractivity contribution in [3.05, 3.63) is 102 Å². The van der Waals surface area contributed by atoms with Crippen LogP contribution in [-0.4, -0.2) is 25.0 Å². The normalized spacial score (nSPS) is 15.7. The van der Waals surface area contributed by atoms with Crippen molar-refractivity contribution in [3.8, 4) is 0 Å². The molecular formula is C25H23N3O2. The van der Waals surface area contributed by atoms with Crippen LogP contribution in [0.3, 0.4) is 0 Å². The molecule has 3 amide bonds. The van der Waals surface area contributed by atoms with Crippen molar-refractivity contribution < 1.29 is 9.59 Å². The Kier molecular flexibility index (Phi) is 5.35. The summed E-state index contributed by atoms with van der Waals surface area (Å²) < 4.78 is 0. The van der Waals surface area contributed by atoms with Gasteiger partial charge >= 0.3 is 6.03 Å². The molecule has 5 nitrogen and oxygen atoms in total. The van der Waals surface area contributed by atoms with Crippen LogP contribution in [0.2, 0.25) is 0 Å². The minimum absolute atomic E-state index is 0.201. The molecule has 150 valence electrons. The number of benzene rings is 3. The number of amides is 3. The third-order valence-corrected chi connectivity index (χ3v) is 5.17. The van der Waals surface area contributed by atoms with Gasteiger partial charge in [-0.1, -0.05) is 66.2 Å². The fourth-order valence-electron chi connectivity index (χ4n) is 3.57. The first-order valence-electron chi connectivity index (χ1n) is 9.81. The zero-order valence-electron chi connectivity index (χ0n) is 16.9. The Morgan fingerprint density at radius 1 is 0.900 bits per heavy atom. The molecule has 30 heavy (non-hydrogen) atoms. The van der Waals surface area contributed by atoms with E-state index in [2.05, 4.69) is 10.6 Å². The van der Waals surface area contributed by atoms with Crippen molar-refractivity contribution in [2.75, 3.05) is 17.3 Å². The number of carbonyl (C=O) groups excluding carboxylic acids is 2. The van der Waals surface area contributed by atoms with Gasteiger partial charge in [0.25, 0.3) is 5.91 Å². The Labute approximate surface area is 176 Å². The van der Waals surface area contributed by atoms with Gasteiger partial charge in [0, 0.05) is 18.3 Å². The number of nitrogens with zero attached hydrogens (tertiary/aromatic N) is 1. The number of aryl methyl sites for hydroxylation is 1. The first kappa shape index (κ1) is 19.5. The molecule has 1 aliphatic rings. The van der Waals surface area contributed by atoms with Gasteiger partial charge in [0.2, 0.25) is 0 Å². The van der Waals surface area contributed by atoms with Crippen molar-refractivity contribution in [1.29, 1.82) is 0 Å². The third-order valence-electron chi connectivity index (χ3n) is 5.17. The van der Waals surface area contributed by atoms with Gasteiger partial charge in [0.15, 0.2) is 0 Å². The largest absolute Gasteiger partial charge is 0.323 e. The van der Waals surface area contributed by atoms with E-state index in [4.69, 9.17) is 0 Å². The summed E-state index contributed by atoms with van der Waals surface area (Å²) >= 11 is 0. The lowest BCUT2D eigenvalue weighted by molar-refractivity contribution is -0.119. The van der Waals surface area contributed by atoms with Gasteiger partial charge in [-0.2, -0.15) is 0 Å².